The highest BCUT2D eigenvalue weighted by molar-refractivity contribution is 4.96. The molecule has 2 unspecified atom stereocenters. The van der Waals surface area contributed by atoms with E-state index in [1.54, 1.807) is 0 Å². The Morgan fingerprint density at radius 3 is 2.79 bits per heavy atom. The van der Waals surface area contributed by atoms with Crippen molar-refractivity contribution in [2.45, 2.75) is 63.6 Å². The summed E-state index contributed by atoms with van der Waals surface area (Å²) in [7, 11) is 0. The molecule has 19 heavy (non-hydrogen) atoms. The molecule has 0 amide bonds. The lowest BCUT2D eigenvalue weighted by Crippen LogP contribution is -2.56. The Kier molecular flexibility index (Phi) is 4.13. The Morgan fingerprint density at radius 2 is 2.16 bits per heavy atom. The number of hydrogen-bond acceptors (Lipinski definition) is 5. The van der Waals surface area contributed by atoms with Gasteiger partial charge in [0.1, 0.15) is 0 Å². The van der Waals surface area contributed by atoms with Crippen molar-refractivity contribution in [1.29, 1.82) is 0 Å². The van der Waals surface area contributed by atoms with Gasteiger partial charge in [-0.2, -0.15) is 4.98 Å². The van der Waals surface area contributed by atoms with E-state index < -0.39 is 0 Å². The van der Waals surface area contributed by atoms with Gasteiger partial charge in [0, 0.05) is 31.1 Å². The fourth-order valence-electron chi connectivity index (χ4n) is 3.83. The van der Waals surface area contributed by atoms with Gasteiger partial charge < -0.3 is 9.84 Å². The molecule has 2 saturated heterocycles. The van der Waals surface area contributed by atoms with Crippen LogP contribution in [0.1, 0.15) is 44.9 Å². The number of nitrogens with zero attached hydrogens (tertiary/aromatic N) is 3. The largest absolute Gasteiger partial charge is 0.343 e. The maximum Gasteiger partial charge on any atom is 0.213 e. The first-order chi connectivity index (χ1) is 9.36. The van der Waals surface area contributed by atoms with Crippen LogP contribution in [0.4, 0.5) is 0 Å². The van der Waals surface area contributed by atoms with Crippen LogP contribution < -0.4 is 5.32 Å². The van der Waals surface area contributed by atoms with Crippen molar-refractivity contribution in [2.75, 3.05) is 13.1 Å². The molecule has 0 radical (unpaired) electrons. The second kappa shape index (κ2) is 6.01. The van der Waals surface area contributed by atoms with Crippen molar-refractivity contribution >= 4 is 0 Å². The summed E-state index contributed by atoms with van der Waals surface area (Å²) >= 11 is 0. The maximum atomic E-state index is 4.81. The maximum absolute atomic E-state index is 4.81. The Labute approximate surface area is 114 Å². The van der Waals surface area contributed by atoms with Crippen LogP contribution in [0.25, 0.3) is 0 Å². The number of hydrogen-bond donors (Lipinski definition) is 1. The number of aromatic nitrogens is 2. The third kappa shape index (κ3) is 2.98. The Balaban J connectivity index is 1.59. The predicted octanol–water partition coefficient (Wildman–Crippen LogP) is 1.61. The fraction of sp³-hybridized carbons (Fsp3) is 0.857. The predicted molar refractivity (Wildman–Crippen MR) is 72.8 cm³/mol. The molecule has 1 aromatic rings. The van der Waals surface area contributed by atoms with E-state index in [1.807, 2.05) is 0 Å². The van der Waals surface area contributed by atoms with Gasteiger partial charge in [0.15, 0.2) is 5.82 Å². The van der Waals surface area contributed by atoms with E-state index in [4.69, 9.17) is 4.52 Å². The Morgan fingerprint density at radius 1 is 1.37 bits per heavy atom. The van der Waals surface area contributed by atoms with Gasteiger partial charge in [-0.3, -0.25) is 4.90 Å². The first-order valence-corrected chi connectivity index (χ1v) is 7.61. The molecule has 1 aromatic heterocycles. The summed E-state index contributed by atoms with van der Waals surface area (Å²) in [5.41, 5.74) is 0. The van der Waals surface area contributed by atoms with Crippen LogP contribution in [-0.2, 0) is 6.42 Å². The molecule has 5 nitrogen and oxygen atoms in total. The van der Waals surface area contributed by atoms with Crippen molar-refractivity contribution in [3.05, 3.63) is 12.2 Å². The molecule has 2 fully saturated rings. The van der Waals surface area contributed by atoms with Crippen LogP contribution in [0.15, 0.2) is 10.9 Å². The van der Waals surface area contributed by atoms with Crippen molar-refractivity contribution < 1.29 is 4.52 Å². The van der Waals surface area contributed by atoms with Crippen molar-refractivity contribution in [3.8, 4) is 0 Å². The summed E-state index contributed by atoms with van der Waals surface area (Å²) in [5, 5.41) is 7.55. The highest BCUT2D eigenvalue weighted by atomic mass is 16.5. The van der Waals surface area contributed by atoms with Gasteiger partial charge in [-0.25, -0.2) is 0 Å². The summed E-state index contributed by atoms with van der Waals surface area (Å²) in [6, 6.07) is 2.23. The lowest BCUT2D eigenvalue weighted by Gasteiger charge is -2.49. The standard InChI is InChI=1S/C14H24N4O/c1-2-15-11-8-12-4-3-5-13(9-11)18(12)7-6-14-16-10-19-17-14/h10-13,15H,2-9H2,1H3. The molecule has 3 rings (SSSR count). The average Bonchev–Trinajstić information content (AvgIpc) is 2.89. The number of piperidine rings is 2. The summed E-state index contributed by atoms with van der Waals surface area (Å²) in [6.07, 6.45) is 9.04. The topological polar surface area (TPSA) is 54.2 Å². The number of nitrogens with one attached hydrogen (secondary N) is 1. The fourth-order valence-corrected chi connectivity index (χ4v) is 3.83. The zero-order chi connectivity index (χ0) is 13.1. The van der Waals surface area contributed by atoms with Gasteiger partial charge in [-0.15, -0.1) is 0 Å². The molecule has 3 heterocycles. The first kappa shape index (κ1) is 13.1. The highest BCUT2D eigenvalue weighted by Crippen LogP contribution is 2.33. The minimum absolute atomic E-state index is 0.724. The molecule has 2 aliphatic rings. The van der Waals surface area contributed by atoms with E-state index in [2.05, 4.69) is 27.3 Å². The van der Waals surface area contributed by atoms with E-state index in [1.165, 1.54) is 38.5 Å². The van der Waals surface area contributed by atoms with Crippen LogP contribution in [0.5, 0.6) is 0 Å². The van der Waals surface area contributed by atoms with Crippen molar-refractivity contribution in [3.63, 3.8) is 0 Å². The van der Waals surface area contributed by atoms with E-state index >= 15 is 0 Å². The van der Waals surface area contributed by atoms with Crippen molar-refractivity contribution in [2.24, 2.45) is 0 Å². The molecule has 1 N–H and O–H groups in total. The molecule has 2 aliphatic heterocycles. The smallest absolute Gasteiger partial charge is 0.213 e. The molecule has 0 saturated carbocycles. The first-order valence-electron chi connectivity index (χ1n) is 7.61. The van der Waals surface area contributed by atoms with Crippen molar-refractivity contribution in [1.82, 2.24) is 20.4 Å². The molecule has 0 spiro atoms. The van der Waals surface area contributed by atoms with Gasteiger partial charge in [-0.05, 0) is 32.2 Å². The normalized spacial score (nSPS) is 31.5. The summed E-state index contributed by atoms with van der Waals surface area (Å²) < 4.78 is 4.81. The summed E-state index contributed by atoms with van der Waals surface area (Å²) in [6.45, 7) is 4.37. The van der Waals surface area contributed by atoms with Gasteiger partial charge in [0.25, 0.3) is 0 Å². The van der Waals surface area contributed by atoms with E-state index in [9.17, 15) is 0 Å². The van der Waals surface area contributed by atoms with Crippen LogP contribution in [0.2, 0.25) is 0 Å². The van der Waals surface area contributed by atoms with Gasteiger partial charge in [0.05, 0.1) is 0 Å². The monoisotopic (exact) mass is 264 g/mol. The molecule has 2 bridgehead atoms. The molecule has 106 valence electrons. The second-order valence-electron chi connectivity index (χ2n) is 5.80. The highest BCUT2D eigenvalue weighted by Gasteiger charge is 2.37. The van der Waals surface area contributed by atoms with Gasteiger partial charge in [0.2, 0.25) is 6.39 Å². The van der Waals surface area contributed by atoms with Gasteiger partial charge in [-0.1, -0.05) is 18.5 Å². The molecule has 5 heteroatoms. The molecule has 2 atom stereocenters. The summed E-state index contributed by atoms with van der Waals surface area (Å²) in [5.74, 6) is 0.840. The van der Waals surface area contributed by atoms with E-state index in [-0.39, 0.29) is 0 Å². The van der Waals surface area contributed by atoms with Crippen LogP contribution in [-0.4, -0.2) is 46.3 Å². The Bertz CT molecular complexity index is 367. The van der Waals surface area contributed by atoms with Gasteiger partial charge >= 0.3 is 0 Å². The number of fused-ring (bicyclic) bond motifs is 2. The quantitative estimate of drug-likeness (QED) is 0.875. The average molecular weight is 264 g/mol. The SMILES string of the molecule is CCNC1CC2CCCC(C1)N2CCc1ncon1. The zero-order valence-electron chi connectivity index (χ0n) is 11.7. The molecule has 0 aromatic carbocycles. The van der Waals surface area contributed by atoms with E-state index in [0.717, 1.165) is 43.5 Å². The molecule has 0 aliphatic carbocycles. The third-order valence-electron chi connectivity index (χ3n) is 4.62. The summed E-state index contributed by atoms with van der Waals surface area (Å²) in [4.78, 5) is 6.82. The van der Waals surface area contributed by atoms with E-state index in [0.29, 0.717) is 0 Å². The number of rotatable bonds is 5. The van der Waals surface area contributed by atoms with Crippen LogP contribution in [0, 0.1) is 0 Å². The zero-order valence-corrected chi connectivity index (χ0v) is 11.7. The Hall–Kier alpha value is -0.940. The second-order valence-corrected chi connectivity index (χ2v) is 5.80. The minimum atomic E-state index is 0.724. The molecular weight excluding hydrogens is 240 g/mol. The van der Waals surface area contributed by atoms with Crippen LogP contribution >= 0.6 is 0 Å². The minimum Gasteiger partial charge on any atom is -0.343 e. The van der Waals surface area contributed by atoms with Crippen LogP contribution in [0.3, 0.4) is 0 Å². The lowest BCUT2D eigenvalue weighted by molar-refractivity contribution is 0.0255. The third-order valence-corrected chi connectivity index (χ3v) is 4.62. The lowest BCUT2D eigenvalue weighted by atomic mass is 9.81. The molecular formula is C14H24N4O.